The normalized spacial score (nSPS) is 23.5. The lowest BCUT2D eigenvalue weighted by Crippen LogP contribution is -2.53. The van der Waals surface area contributed by atoms with Crippen molar-refractivity contribution in [3.05, 3.63) is 24.2 Å². The predicted octanol–water partition coefficient (Wildman–Crippen LogP) is 0.758. The van der Waals surface area contributed by atoms with Crippen LogP contribution in [-0.2, 0) is 4.79 Å². The Morgan fingerprint density at radius 3 is 2.54 bits per heavy atom. The zero-order chi connectivity index (χ0) is 18.1. The van der Waals surface area contributed by atoms with Crippen molar-refractivity contribution in [3.63, 3.8) is 0 Å². The molecule has 140 valence electrons. The van der Waals surface area contributed by atoms with Gasteiger partial charge in [0, 0.05) is 57.6 Å². The number of nitrogens with one attached hydrogen (secondary N) is 1. The number of nitrogens with zero attached hydrogens (tertiary/aromatic N) is 3. The van der Waals surface area contributed by atoms with Gasteiger partial charge < -0.3 is 24.4 Å². The molecule has 3 heterocycles. The number of likely N-dealkylation sites (tertiary alicyclic amines) is 1. The molecular weight excluding hydrogens is 336 g/mol. The molecule has 26 heavy (non-hydrogen) atoms. The summed E-state index contributed by atoms with van der Waals surface area (Å²) in [5, 5.41) is 2.95. The molecule has 0 aromatic carbocycles. The summed E-state index contributed by atoms with van der Waals surface area (Å²) in [7, 11) is 0. The molecule has 3 aliphatic rings. The van der Waals surface area contributed by atoms with E-state index < -0.39 is 0 Å². The van der Waals surface area contributed by atoms with Crippen LogP contribution in [0.25, 0.3) is 0 Å². The van der Waals surface area contributed by atoms with Crippen LogP contribution in [0.4, 0.5) is 4.79 Å². The second kappa shape index (κ2) is 7.01. The summed E-state index contributed by atoms with van der Waals surface area (Å²) in [4.78, 5) is 42.0. The number of furan rings is 1. The highest BCUT2D eigenvalue weighted by molar-refractivity contribution is 5.91. The van der Waals surface area contributed by atoms with E-state index in [1.54, 1.807) is 21.9 Å². The molecule has 1 saturated carbocycles. The van der Waals surface area contributed by atoms with Crippen molar-refractivity contribution in [1.82, 2.24) is 20.0 Å². The van der Waals surface area contributed by atoms with E-state index in [4.69, 9.17) is 4.42 Å². The zero-order valence-electron chi connectivity index (χ0n) is 14.7. The fourth-order valence-corrected chi connectivity index (χ4v) is 3.70. The Hall–Kier alpha value is -2.51. The summed E-state index contributed by atoms with van der Waals surface area (Å²) in [6, 6.07) is 3.67. The third kappa shape index (κ3) is 3.54. The molecule has 4 amide bonds. The minimum absolute atomic E-state index is 0.118. The number of piperazine rings is 1. The van der Waals surface area contributed by atoms with Gasteiger partial charge in [0.05, 0.1) is 6.26 Å². The Labute approximate surface area is 152 Å². The van der Waals surface area contributed by atoms with E-state index in [0.29, 0.717) is 50.9 Å². The molecule has 0 bridgehead atoms. The van der Waals surface area contributed by atoms with Crippen LogP contribution >= 0.6 is 0 Å². The molecule has 1 atom stereocenters. The third-order valence-corrected chi connectivity index (χ3v) is 5.35. The fourth-order valence-electron chi connectivity index (χ4n) is 3.70. The first kappa shape index (κ1) is 16.9. The Morgan fingerprint density at radius 1 is 1.15 bits per heavy atom. The number of hydrogen-bond acceptors (Lipinski definition) is 4. The third-order valence-electron chi connectivity index (χ3n) is 5.35. The molecule has 1 aromatic rings. The highest BCUT2D eigenvalue weighted by Gasteiger charge is 2.39. The van der Waals surface area contributed by atoms with Gasteiger partial charge in [0.25, 0.3) is 5.91 Å². The smallest absolute Gasteiger partial charge is 0.317 e. The molecule has 3 fully saturated rings. The number of amides is 4. The molecule has 8 heteroatoms. The van der Waals surface area contributed by atoms with E-state index in [-0.39, 0.29) is 23.8 Å². The largest absolute Gasteiger partial charge is 0.459 e. The van der Waals surface area contributed by atoms with Gasteiger partial charge in [-0.3, -0.25) is 9.59 Å². The van der Waals surface area contributed by atoms with Gasteiger partial charge in [0.2, 0.25) is 5.91 Å². The second-order valence-corrected chi connectivity index (χ2v) is 7.29. The first-order valence-electron chi connectivity index (χ1n) is 9.27. The molecule has 2 aliphatic heterocycles. The maximum Gasteiger partial charge on any atom is 0.317 e. The van der Waals surface area contributed by atoms with Gasteiger partial charge in [-0.2, -0.15) is 0 Å². The molecule has 1 N–H and O–H groups in total. The van der Waals surface area contributed by atoms with Gasteiger partial charge in [0.1, 0.15) is 0 Å². The van der Waals surface area contributed by atoms with E-state index in [1.807, 2.05) is 4.90 Å². The maximum atomic E-state index is 12.4. The van der Waals surface area contributed by atoms with Crippen molar-refractivity contribution >= 4 is 17.8 Å². The number of carbonyl (C=O) groups is 3. The van der Waals surface area contributed by atoms with E-state index in [1.165, 1.54) is 6.26 Å². The summed E-state index contributed by atoms with van der Waals surface area (Å²) in [6.45, 7) is 3.26. The molecule has 1 aromatic heterocycles. The molecule has 0 radical (unpaired) electrons. The number of hydrogen-bond donors (Lipinski definition) is 1. The summed E-state index contributed by atoms with van der Waals surface area (Å²) >= 11 is 0. The molecular formula is C18H24N4O4. The van der Waals surface area contributed by atoms with Crippen molar-refractivity contribution in [1.29, 1.82) is 0 Å². The monoisotopic (exact) mass is 360 g/mol. The van der Waals surface area contributed by atoms with Crippen LogP contribution in [0.5, 0.6) is 0 Å². The molecule has 4 rings (SSSR count). The van der Waals surface area contributed by atoms with E-state index >= 15 is 0 Å². The van der Waals surface area contributed by atoms with Crippen LogP contribution < -0.4 is 5.32 Å². The Balaban J connectivity index is 1.20. The lowest BCUT2D eigenvalue weighted by Gasteiger charge is -2.34. The lowest BCUT2D eigenvalue weighted by atomic mass is 10.1. The summed E-state index contributed by atoms with van der Waals surface area (Å²) in [5.74, 6) is 0.611. The van der Waals surface area contributed by atoms with Gasteiger partial charge in [-0.05, 0) is 25.0 Å². The van der Waals surface area contributed by atoms with Gasteiger partial charge in [-0.1, -0.05) is 0 Å². The summed E-state index contributed by atoms with van der Waals surface area (Å²) < 4.78 is 5.14. The van der Waals surface area contributed by atoms with Crippen LogP contribution in [0.1, 0.15) is 29.8 Å². The van der Waals surface area contributed by atoms with Crippen LogP contribution in [-0.4, -0.2) is 77.9 Å². The van der Waals surface area contributed by atoms with Crippen LogP contribution in [0.3, 0.4) is 0 Å². The minimum Gasteiger partial charge on any atom is -0.459 e. The van der Waals surface area contributed by atoms with Crippen LogP contribution in [0, 0.1) is 5.92 Å². The standard InChI is InChI=1S/C18H24N4O4/c23-16-10-13(12-22(16)14-3-4-14)11-19-18(25)21-7-5-20(6-8-21)17(24)15-2-1-9-26-15/h1-2,9,13-14H,3-8,10-12H2,(H,19,25). The molecule has 1 aliphatic carbocycles. The highest BCUT2D eigenvalue weighted by Crippen LogP contribution is 2.32. The van der Waals surface area contributed by atoms with E-state index in [9.17, 15) is 14.4 Å². The average molecular weight is 360 g/mol. The van der Waals surface area contributed by atoms with Gasteiger partial charge in [-0.15, -0.1) is 0 Å². The van der Waals surface area contributed by atoms with E-state index in [0.717, 1.165) is 19.4 Å². The SMILES string of the molecule is O=C(NCC1CC(=O)N(C2CC2)C1)N1CCN(C(=O)c2ccco2)CC1. The van der Waals surface area contributed by atoms with Crippen LogP contribution in [0.2, 0.25) is 0 Å². The predicted molar refractivity (Wildman–Crippen MR) is 92.4 cm³/mol. The van der Waals surface area contributed by atoms with Crippen LogP contribution in [0.15, 0.2) is 22.8 Å². The Kier molecular flexibility index (Phi) is 4.57. The van der Waals surface area contributed by atoms with Crippen molar-refractivity contribution < 1.29 is 18.8 Å². The fraction of sp³-hybridized carbons (Fsp3) is 0.611. The topological polar surface area (TPSA) is 86.1 Å². The van der Waals surface area contributed by atoms with Crippen molar-refractivity contribution in [2.75, 3.05) is 39.3 Å². The summed E-state index contributed by atoms with van der Waals surface area (Å²) in [5.41, 5.74) is 0. The maximum absolute atomic E-state index is 12.4. The first-order chi connectivity index (χ1) is 12.6. The van der Waals surface area contributed by atoms with Gasteiger partial charge in [0.15, 0.2) is 5.76 Å². The zero-order valence-corrected chi connectivity index (χ0v) is 14.7. The molecule has 1 unspecified atom stereocenters. The van der Waals surface area contributed by atoms with E-state index in [2.05, 4.69) is 5.32 Å². The molecule has 8 nitrogen and oxygen atoms in total. The Bertz CT molecular complexity index is 677. The van der Waals surface area contributed by atoms with Gasteiger partial charge >= 0.3 is 6.03 Å². The van der Waals surface area contributed by atoms with Crippen molar-refractivity contribution in [2.24, 2.45) is 5.92 Å². The van der Waals surface area contributed by atoms with Crippen molar-refractivity contribution in [2.45, 2.75) is 25.3 Å². The summed E-state index contributed by atoms with van der Waals surface area (Å²) in [6.07, 6.45) is 4.24. The Morgan fingerprint density at radius 2 is 1.88 bits per heavy atom. The quantitative estimate of drug-likeness (QED) is 0.859. The first-order valence-corrected chi connectivity index (χ1v) is 9.27. The average Bonchev–Trinajstić information content (AvgIpc) is 3.21. The minimum atomic E-state index is -0.139. The lowest BCUT2D eigenvalue weighted by molar-refractivity contribution is -0.128. The van der Waals surface area contributed by atoms with Crippen molar-refractivity contribution in [3.8, 4) is 0 Å². The molecule has 2 saturated heterocycles. The van der Waals surface area contributed by atoms with Gasteiger partial charge in [-0.25, -0.2) is 4.79 Å². The number of carbonyl (C=O) groups excluding carboxylic acids is 3. The second-order valence-electron chi connectivity index (χ2n) is 7.29. The highest BCUT2D eigenvalue weighted by atomic mass is 16.3. The number of urea groups is 1. The number of rotatable bonds is 4. The molecule has 0 spiro atoms.